The molecule has 4 heteroatoms. The molecule has 1 aliphatic heterocycles. The zero-order chi connectivity index (χ0) is 13.0. The van der Waals surface area contributed by atoms with E-state index < -0.39 is 5.92 Å². The van der Waals surface area contributed by atoms with Gasteiger partial charge in [0, 0.05) is 18.8 Å². The second-order valence-corrected chi connectivity index (χ2v) is 4.46. The van der Waals surface area contributed by atoms with E-state index in [1.807, 2.05) is 37.3 Å². The second kappa shape index (κ2) is 5.67. The molecule has 0 aromatic heterocycles. The first-order chi connectivity index (χ1) is 8.74. The summed E-state index contributed by atoms with van der Waals surface area (Å²) in [7, 11) is 0. The fraction of sp³-hybridized carbons (Fsp3) is 0.429. The van der Waals surface area contributed by atoms with Gasteiger partial charge in [-0.1, -0.05) is 25.1 Å². The topological polar surface area (TPSA) is 49.4 Å². The Bertz CT molecular complexity index is 431. The van der Waals surface area contributed by atoms with Gasteiger partial charge in [0.05, 0.1) is 0 Å². The Hall–Kier alpha value is -1.84. The van der Waals surface area contributed by atoms with Crippen LogP contribution in [0.3, 0.4) is 0 Å². The van der Waals surface area contributed by atoms with Crippen molar-refractivity contribution >= 4 is 17.5 Å². The maximum absolute atomic E-state index is 12.2. The molecular formula is C14H18N2O2. The maximum Gasteiger partial charge on any atom is 0.239 e. The molecule has 1 fully saturated rings. The molecule has 1 atom stereocenters. The van der Waals surface area contributed by atoms with Crippen molar-refractivity contribution in [3.8, 4) is 0 Å². The van der Waals surface area contributed by atoms with Crippen LogP contribution in [0, 0.1) is 5.92 Å². The number of amides is 2. The first-order valence-electron chi connectivity index (χ1n) is 6.38. The Balaban J connectivity index is 2.03. The van der Waals surface area contributed by atoms with Gasteiger partial charge in [-0.3, -0.25) is 9.59 Å². The number of nitrogens with zero attached hydrogens (tertiary/aromatic N) is 1. The number of benzene rings is 1. The van der Waals surface area contributed by atoms with E-state index in [1.165, 1.54) is 0 Å². The van der Waals surface area contributed by atoms with Gasteiger partial charge < -0.3 is 10.2 Å². The van der Waals surface area contributed by atoms with E-state index in [1.54, 1.807) is 4.90 Å². The van der Waals surface area contributed by atoms with Gasteiger partial charge in [0.15, 0.2) is 0 Å². The normalized spacial score (nSPS) is 19.1. The molecule has 0 spiro atoms. The molecule has 0 radical (unpaired) electrons. The Morgan fingerprint density at radius 1 is 1.39 bits per heavy atom. The van der Waals surface area contributed by atoms with Gasteiger partial charge in [0.2, 0.25) is 11.8 Å². The molecule has 1 unspecified atom stereocenters. The Morgan fingerprint density at radius 2 is 2.11 bits per heavy atom. The molecule has 0 aliphatic carbocycles. The smallest absolute Gasteiger partial charge is 0.239 e. The van der Waals surface area contributed by atoms with Crippen molar-refractivity contribution in [1.82, 2.24) is 5.32 Å². The quantitative estimate of drug-likeness (QED) is 0.820. The molecule has 18 heavy (non-hydrogen) atoms. The van der Waals surface area contributed by atoms with E-state index in [2.05, 4.69) is 5.32 Å². The van der Waals surface area contributed by atoms with Crippen LogP contribution in [0.2, 0.25) is 0 Å². The van der Waals surface area contributed by atoms with Gasteiger partial charge in [-0.2, -0.15) is 0 Å². The molecule has 0 bridgehead atoms. The largest absolute Gasteiger partial charge is 0.355 e. The maximum atomic E-state index is 12.2. The summed E-state index contributed by atoms with van der Waals surface area (Å²) in [4.78, 5) is 25.7. The van der Waals surface area contributed by atoms with E-state index in [4.69, 9.17) is 0 Å². The number of hydrogen-bond acceptors (Lipinski definition) is 2. The predicted molar refractivity (Wildman–Crippen MR) is 70.2 cm³/mol. The molecule has 96 valence electrons. The molecule has 1 heterocycles. The zero-order valence-corrected chi connectivity index (χ0v) is 10.6. The third-order valence-corrected chi connectivity index (χ3v) is 3.14. The van der Waals surface area contributed by atoms with Crippen LogP contribution in [0.1, 0.15) is 19.8 Å². The van der Waals surface area contributed by atoms with Crippen molar-refractivity contribution in [3.05, 3.63) is 30.3 Å². The van der Waals surface area contributed by atoms with E-state index in [-0.39, 0.29) is 11.8 Å². The van der Waals surface area contributed by atoms with Gasteiger partial charge in [0.25, 0.3) is 0 Å². The molecule has 4 nitrogen and oxygen atoms in total. The van der Waals surface area contributed by atoms with Crippen LogP contribution in [0.5, 0.6) is 0 Å². The van der Waals surface area contributed by atoms with E-state index >= 15 is 0 Å². The summed E-state index contributed by atoms with van der Waals surface area (Å²) in [6.07, 6.45) is 1.48. The molecule has 1 aromatic rings. The van der Waals surface area contributed by atoms with Crippen LogP contribution in [0.15, 0.2) is 30.3 Å². The minimum Gasteiger partial charge on any atom is -0.355 e. The van der Waals surface area contributed by atoms with Crippen molar-refractivity contribution in [1.29, 1.82) is 0 Å². The Kier molecular flexibility index (Phi) is 3.97. The second-order valence-electron chi connectivity index (χ2n) is 4.46. The van der Waals surface area contributed by atoms with E-state index in [0.717, 1.165) is 12.1 Å². The Labute approximate surface area is 107 Å². The summed E-state index contributed by atoms with van der Waals surface area (Å²) >= 11 is 0. The van der Waals surface area contributed by atoms with Crippen LogP contribution >= 0.6 is 0 Å². The number of carbonyl (C=O) groups is 2. The van der Waals surface area contributed by atoms with Crippen LogP contribution in [-0.2, 0) is 9.59 Å². The Morgan fingerprint density at radius 3 is 2.78 bits per heavy atom. The summed E-state index contributed by atoms with van der Waals surface area (Å²) in [6, 6.07) is 9.49. The van der Waals surface area contributed by atoms with Crippen molar-refractivity contribution in [2.45, 2.75) is 19.8 Å². The highest BCUT2D eigenvalue weighted by molar-refractivity contribution is 6.09. The van der Waals surface area contributed by atoms with Gasteiger partial charge >= 0.3 is 0 Å². The van der Waals surface area contributed by atoms with Gasteiger partial charge in [0.1, 0.15) is 5.92 Å². The van der Waals surface area contributed by atoms with Crippen LogP contribution < -0.4 is 10.2 Å². The number of nitrogens with one attached hydrogen (secondary N) is 1. The minimum atomic E-state index is -0.517. The molecule has 2 amide bonds. The van der Waals surface area contributed by atoms with Crippen LogP contribution in [-0.4, -0.2) is 24.9 Å². The summed E-state index contributed by atoms with van der Waals surface area (Å²) in [5, 5.41) is 2.79. The molecule has 1 aliphatic rings. The highest BCUT2D eigenvalue weighted by Crippen LogP contribution is 2.24. The average molecular weight is 246 g/mol. The number of para-hydroxylation sites is 1. The van der Waals surface area contributed by atoms with Crippen molar-refractivity contribution in [3.63, 3.8) is 0 Å². The lowest BCUT2D eigenvalue weighted by molar-refractivity contribution is -0.132. The van der Waals surface area contributed by atoms with E-state index in [0.29, 0.717) is 19.5 Å². The molecule has 1 aromatic carbocycles. The lowest BCUT2D eigenvalue weighted by Gasteiger charge is -2.16. The first kappa shape index (κ1) is 12.6. The third kappa shape index (κ3) is 2.53. The first-order valence-corrected chi connectivity index (χ1v) is 6.38. The monoisotopic (exact) mass is 246 g/mol. The number of anilines is 1. The fourth-order valence-corrected chi connectivity index (χ4v) is 2.16. The van der Waals surface area contributed by atoms with Gasteiger partial charge in [-0.25, -0.2) is 0 Å². The standard InChI is InChI=1S/C14H18N2O2/c1-2-9-15-13(17)12-8-10-16(14(12)18)11-6-4-3-5-7-11/h3-7,12H,2,8-10H2,1H3,(H,15,17). The lowest BCUT2D eigenvalue weighted by atomic mass is 10.1. The number of carbonyl (C=O) groups excluding carboxylic acids is 2. The molecule has 0 saturated carbocycles. The highest BCUT2D eigenvalue weighted by Gasteiger charge is 2.37. The SMILES string of the molecule is CCCNC(=O)C1CCN(c2ccccc2)C1=O. The molecular weight excluding hydrogens is 228 g/mol. The predicted octanol–water partition coefficient (Wildman–Crippen LogP) is 1.57. The fourth-order valence-electron chi connectivity index (χ4n) is 2.16. The van der Waals surface area contributed by atoms with Gasteiger partial charge in [-0.05, 0) is 25.0 Å². The van der Waals surface area contributed by atoms with Crippen molar-refractivity contribution < 1.29 is 9.59 Å². The number of hydrogen-bond donors (Lipinski definition) is 1. The minimum absolute atomic E-state index is 0.0881. The molecule has 2 rings (SSSR count). The average Bonchev–Trinajstić information content (AvgIpc) is 2.79. The van der Waals surface area contributed by atoms with E-state index in [9.17, 15) is 9.59 Å². The van der Waals surface area contributed by atoms with Crippen LogP contribution in [0.25, 0.3) is 0 Å². The van der Waals surface area contributed by atoms with Crippen LogP contribution in [0.4, 0.5) is 5.69 Å². The number of rotatable bonds is 4. The summed E-state index contributed by atoms with van der Waals surface area (Å²) in [6.45, 7) is 3.24. The highest BCUT2D eigenvalue weighted by atomic mass is 16.2. The summed E-state index contributed by atoms with van der Waals surface area (Å²) in [5.74, 6) is -0.744. The summed E-state index contributed by atoms with van der Waals surface area (Å²) in [5.41, 5.74) is 0.869. The summed E-state index contributed by atoms with van der Waals surface area (Å²) < 4.78 is 0. The van der Waals surface area contributed by atoms with Gasteiger partial charge in [-0.15, -0.1) is 0 Å². The third-order valence-electron chi connectivity index (χ3n) is 3.14. The lowest BCUT2D eigenvalue weighted by Crippen LogP contribution is -2.37. The zero-order valence-electron chi connectivity index (χ0n) is 10.6. The molecule has 1 saturated heterocycles. The van der Waals surface area contributed by atoms with Crippen molar-refractivity contribution in [2.24, 2.45) is 5.92 Å². The molecule has 1 N–H and O–H groups in total. The van der Waals surface area contributed by atoms with Crippen molar-refractivity contribution in [2.75, 3.05) is 18.0 Å².